The zero-order valence-electron chi connectivity index (χ0n) is 22.8. The van der Waals surface area contributed by atoms with E-state index in [-0.39, 0.29) is 24.2 Å². The molecule has 1 unspecified atom stereocenters. The number of aromatic nitrogens is 2. The Morgan fingerprint density at radius 2 is 1.89 bits per heavy atom. The number of nitrogens with one attached hydrogen (secondary N) is 2. The van der Waals surface area contributed by atoms with E-state index in [0.29, 0.717) is 30.6 Å². The summed E-state index contributed by atoms with van der Waals surface area (Å²) in [5.74, 6) is 0.687. The van der Waals surface area contributed by atoms with Gasteiger partial charge in [-0.25, -0.2) is 14.8 Å². The number of fused-ring (bicyclic) bond motifs is 1. The smallest absolute Gasteiger partial charge is 0.408 e. The van der Waals surface area contributed by atoms with Gasteiger partial charge in [-0.15, -0.1) is 0 Å². The summed E-state index contributed by atoms with van der Waals surface area (Å²) in [7, 11) is 2.91. The number of hydrogen-bond donors (Lipinski definition) is 2. The van der Waals surface area contributed by atoms with E-state index in [1.54, 1.807) is 40.9 Å². The van der Waals surface area contributed by atoms with Crippen LogP contribution in [0.25, 0.3) is 0 Å². The van der Waals surface area contributed by atoms with Crippen molar-refractivity contribution in [2.75, 3.05) is 32.3 Å². The van der Waals surface area contributed by atoms with Crippen molar-refractivity contribution < 1.29 is 28.6 Å². The highest BCUT2D eigenvalue weighted by Gasteiger charge is 2.46. The zero-order valence-corrected chi connectivity index (χ0v) is 22.8. The van der Waals surface area contributed by atoms with Gasteiger partial charge in [-0.1, -0.05) is 12.8 Å². The third-order valence-electron chi connectivity index (χ3n) is 6.75. The molecule has 1 saturated heterocycles. The molecule has 1 aliphatic heterocycles. The van der Waals surface area contributed by atoms with Gasteiger partial charge in [0.15, 0.2) is 0 Å². The van der Waals surface area contributed by atoms with Crippen LogP contribution in [0.1, 0.15) is 77.4 Å². The standard InChI is InChI=1S/C26H41N5O6/c1-16(28-25(34)37-26(2,3)4)18-14-22(30-21(29-18)15-23(32)36-6)31-19-10-8-7-9-17(19)13-20(31)24(33)27-11-12-35-5/h14,16-17,19-20H,7-13,15H2,1-6H3,(H,27,33)(H,28,34)/t16?,17-,19-,20-/m0/s1. The monoisotopic (exact) mass is 519 g/mol. The lowest BCUT2D eigenvalue weighted by atomic mass is 9.84. The summed E-state index contributed by atoms with van der Waals surface area (Å²) in [5, 5.41) is 5.79. The fraction of sp³-hybridized carbons (Fsp3) is 0.731. The van der Waals surface area contributed by atoms with E-state index in [1.807, 2.05) is 0 Å². The van der Waals surface area contributed by atoms with Gasteiger partial charge in [0.05, 0.1) is 25.5 Å². The van der Waals surface area contributed by atoms with Gasteiger partial charge in [-0.05, 0) is 52.9 Å². The highest BCUT2D eigenvalue weighted by atomic mass is 16.6. The molecular weight excluding hydrogens is 478 g/mol. The van der Waals surface area contributed by atoms with Crippen LogP contribution in [0.5, 0.6) is 0 Å². The molecule has 0 bridgehead atoms. The fourth-order valence-corrected chi connectivity index (χ4v) is 5.11. The molecule has 4 atom stereocenters. The largest absolute Gasteiger partial charge is 0.469 e. The molecule has 2 fully saturated rings. The first kappa shape index (κ1) is 28.6. The van der Waals surface area contributed by atoms with E-state index in [0.717, 1.165) is 32.1 Å². The lowest BCUT2D eigenvalue weighted by Crippen LogP contribution is -2.48. The first-order valence-corrected chi connectivity index (χ1v) is 13.0. The van der Waals surface area contributed by atoms with E-state index in [9.17, 15) is 14.4 Å². The Kier molecular flexibility index (Phi) is 9.69. The molecule has 11 heteroatoms. The predicted octanol–water partition coefficient (Wildman–Crippen LogP) is 2.68. The molecule has 2 N–H and O–H groups in total. The number of nitrogens with zero attached hydrogens (tertiary/aromatic N) is 3. The third kappa shape index (κ3) is 7.77. The maximum atomic E-state index is 13.3. The number of anilines is 1. The van der Waals surface area contributed by atoms with Crippen molar-refractivity contribution in [3.8, 4) is 0 Å². The second kappa shape index (κ2) is 12.5. The Balaban J connectivity index is 1.96. The lowest BCUT2D eigenvalue weighted by molar-refractivity contribution is -0.140. The summed E-state index contributed by atoms with van der Waals surface area (Å²) >= 11 is 0. The molecule has 1 aromatic heterocycles. The Hall–Kier alpha value is -2.95. The van der Waals surface area contributed by atoms with Crippen LogP contribution in [0.2, 0.25) is 0 Å². The van der Waals surface area contributed by atoms with Crippen LogP contribution in [0.3, 0.4) is 0 Å². The molecule has 1 aliphatic carbocycles. The van der Waals surface area contributed by atoms with Gasteiger partial charge in [-0.3, -0.25) is 9.59 Å². The van der Waals surface area contributed by atoms with Crippen molar-refractivity contribution in [2.24, 2.45) is 5.92 Å². The third-order valence-corrected chi connectivity index (χ3v) is 6.75. The van der Waals surface area contributed by atoms with E-state index >= 15 is 0 Å². The number of methoxy groups -OCH3 is 2. The quantitative estimate of drug-likeness (QED) is 0.373. The van der Waals surface area contributed by atoms with Gasteiger partial charge in [-0.2, -0.15) is 0 Å². The number of carbonyl (C=O) groups is 3. The van der Waals surface area contributed by atoms with Gasteiger partial charge < -0.3 is 29.7 Å². The minimum Gasteiger partial charge on any atom is -0.469 e. The lowest BCUT2D eigenvalue weighted by Gasteiger charge is -2.35. The molecular formula is C26H41N5O6. The summed E-state index contributed by atoms with van der Waals surface area (Å²) in [5.41, 5.74) is -0.126. The number of esters is 1. The van der Waals surface area contributed by atoms with Gasteiger partial charge in [0, 0.05) is 25.8 Å². The topological polar surface area (TPSA) is 132 Å². The van der Waals surface area contributed by atoms with Crippen molar-refractivity contribution in [1.29, 1.82) is 0 Å². The first-order valence-electron chi connectivity index (χ1n) is 13.0. The summed E-state index contributed by atoms with van der Waals surface area (Å²) in [6.45, 7) is 8.02. The molecule has 3 rings (SSSR count). The van der Waals surface area contributed by atoms with Crippen LogP contribution in [-0.4, -0.2) is 73.0 Å². The molecule has 2 amide bonds. The number of amides is 2. The van der Waals surface area contributed by atoms with Crippen molar-refractivity contribution in [3.05, 3.63) is 17.6 Å². The minimum absolute atomic E-state index is 0.0685. The van der Waals surface area contributed by atoms with Crippen LogP contribution in [0, 0.1) is 5.92 Å². The summed E-state index contributed by atoms with van der Waals surface area (Å²) in [6.07, 6.45) is 4.30. The molecule has 2 heterocycles. The summed E-state index contributed by atoms with van der Waals surface area (Å²) in [6, 6.07) is 1.05. The van der Waals surface area contributed by atoms with E-state index < -0.39 is 29.7 Å². The highest BCUT2D eigenvalue weighted by molar-refractivity contribution is 5.86. The summed E-state index contributed by atoms with van der Waals surface area (Å²) < 4.78 is 15.3. The normalized spacial score (nSPS) is 22.1. The van der Waals surface area contributed by atoms with Gasteiger partial charge in [0.25, 0.3) is 0 Å². The number of carbonyl (C=O) groups excluding carboxylic acids is 3. The van der Waals surface area contributed by atoms with Gasteiger partial charge in [0.1, 0.15) is 29.7 Å². The van der Waals surface area contributed by atoms with Crippen LogP contribution >= 0.6 is 0 Å². The SMILES string of the molecule is COCCNC(=O)[C@@H]1C[C@@H]2CCCC[C@@H]2N1c1cc(C(C)NC(=O)OC(C)(C)C)nc(CC(=O)OC)n1. The molecule has 1 aromatic rings. The Morgan fingerprint density at radius 1 is 1.16 bits per heavy atom. The second-order valence-corrected chi connectivity index (χ2v) is 10.7. The Bertz CT molecular complexity index is 965. The number of rotatable bonds is 9. The van der Waals surface area contributed by atoms with Crippen LogP contribution in [0.4, 0.5) is 10.6 Å². The summed E-state index contributed by atoms with van der Waals surface area (Å²) in [4.78, 5) is 49.1. The van der Waals surface area contributed by atoms with Gasteiger partial charge in [0.2, 0.25) is 5.91 Å². The van der Waals surface area contributed by atoms with Crippen molar-refractivity contribution >= 4 is 23.8 Å². The molecule has 0 radical (unpaired) electrons. The van der Waals surface area contributed by atoms with E-state index in [1.165, 1.54) is 7.11 Å². The van der Waals surface area contributed by atoms with E-state index in [4.69, 9.17) is 19.2 Å². The van der Waals surface area contributed by atoms with Crippen LogP contribution in [0.15, 0.2) is 6.07 Å². The van der Waals surface area contributed by atoms with Gasteiger partial charge >= 0.3 is 12.1 Å². The first-order chi connectivity index (χ1) is 17.5. The molecule has 1 saturated carbocycles. The predicted molar refractivity (Wildman–Crippen MR) is 137 cm³/mol. The van der Waals surface area contributed by atoms with Crippen LogP contribution in [-0.2, 0) is 30.2 Å². The zero-order chi connectivity index (χ0) is 27.2. The molecule has 206 valence electrons. The average molecular weight is 520 g/mol. The number of alkyl carbamates (subject to hydrolysis) is 1. The maximum absolute atomic E-state index is 13.3. The molecule has 11 nitrogen and oxygen atoms in total. The van der Waals surface area contributed by atoms with Crippen molar-refractivity contribution in [1.82, 2.24) is 20.6 Å². The number of hydrogen-bond acceptors (Lipinski definition) is 9. The van der Waals surface area contributed by atoms with Crippen LogP contribution < -0.4 is 15.5 Å². The molecule has 0 spiro atoms. The van der Waals surface area contributed by atoms with Crippen molar-refractivity contribution in [2.45, 2.75) is 89.9 Å². The second-order valence-electron chi connectivity index (χ2n) is 10.7. The Labute approximate surface area is 219 Å². The number of ether oxygens (including phenoxy) is 3. The highest BCUT2D eigenvalue weighted by Crippen LogP contribution is 2.42. The average Bonchev–Trinajstić information content (AvgIpc) is 3.22. The van der Waals surface area contributed by atoms with E-state index in [2.05, 4.69) is 20.5 Å². The molecule has 2 aliphatic rings. The maximum Gasteiger partial charge on any atom is 0.408 e. The Morgan fingerprint density at radius 3 is 2.57 bits per heavy atom. The fourth-order valence-electron chi connectivity index (χ4n) is 5.11. The molecule has 37 heavy (non-hydrogen) atoms. The minimum atomic E-state index is -0.647. The molecule has 0 aromatic carbocycles. The van der Waals surface area contributed by atoms with Crippen molar-refractivity contribution in [3.63, 3.8) is 0 Å².